The molecule has 0 aliphatic rings. The van der Waals surface area contributed by atoms with Crippen LogP contribution in [0, 0.1) is 0 Å². The number of aromatic amines is 1. The minimum absolute atomic E-state index is 0.362. The van der Waals surface area contributed by atoms with Crippen molar-refractivity contribution in [3.63, 3.8) is 0 Å². The second kappa shape index (κ2) is 6.60. The number of ether oxygens (including phenoxy) is 1. The Hall–Kier alpha value is -2.80. The maximum absolute atomic E-state index is 11.8. The quantitative estimate of drug-likeness (QED) is 0.435. The largest absolute Gasteiger partial charge is 0.494 e. The normalized spacial score (nSPS) is 11.2. The van der Waals surface area contributed by atoms with Crippen LogP contribution in [-0.4, -0.2) is 21.6 Å². The van der Waals surface area contributed by atoms with Crippen molar-refractivity contribution in [2.75, 3.05) is 6.61 Å². The standard InChI is InChI=1S/C18H15N3O3S/c1-2-23-12-5-6-15-13(9-12)11(8-16(22)24-15)10-25-18-20-14-4-3-7-19-17(14)21-18/h3-9H,2,10H2,1H3,(H,19,20,21). The molecule has 4 rings (SSSR count). The van der Waals surface area contributed by atoms with E-state index >= 15 is 0 Å². The molecule has 126 valence electrons. The zero-order chi connectivity index (χ0) is 17.2. The molecule has 0 unspecified atom stereocenters. The van der Waals surface area contributed by atoms with Gasteiger partial charge in [0, 0.05) is 23.4 Å². The van der Waals surface area contributed by atoms with E-state index in [0.717, 1.165) is 27.4 Å². The van der Waals surface area contributed by atoms with E-state index in [4.69, 9.17) is 9.15 Å². The first-order valence-electron chi connectivity index (χ1n) is 7.86. The maximum atomic E-state index is 11.8. The van der Waals surface area contributed by atoms with E-state index in [9.17, 15) is 4.79 Å². The number of rotatable bonds is 5. The monoisotopic (exact) mass is 353 g/mol. The predicted molar refractivity (Wildman–Crippen MR) is 97.1 cm³/mol. The summed E-state index contributed by atoms with van der Waals surface area (Å²) in [6.07, 6.45) is 1.71. The van der Waals surface area contributed by atoms with Crippen LogP contribution in [0.1, 0.15) is 12.5 Å². The molecular weight excluding hydrogens is 338 g/mol. The summed E-state index contributed by atoms with van der Waals surface area (Å²) in [6.45, 7) is 2.51. The van der Waals surface area contributed by atoms with E-state index in [-0.39, 0.29) is 5.63 Å². The first kappa shape index (κ1) is 15.7. The van der Waals surface area contributed by atoms with Crippen LogP contribution < -0.4 is 10.4 Å². The summed E-state index contributed by atoms with van der Waals surface area (Å²) < 4.78 is 10.8. The molecule has 0 aliphatic heterocycles. The molecular formula is C18H15N3O3S. The zero-order valence-electron chi connectivity index (χ0n) is 13.5. The fourth-order valence-electron chi connectivity index (χ4n) is 2.62. The topological polar surface area (TPSA) is 81.0 Å². The highest BCUT2D eigenvalue weighted by molar-refractivity contribution is 7.98. The Kier molecular flexibility index (Phi) is 4.15. The third kappa shape index (κ3) is 3.23. The summed E-state index contributed by atoms with van der Waals surface area (Å²) in [5, 5.41) is 1.63. The van der Waals surface area contributed by atoms with Crippen LogP contribution >= 0.6 is 11.8 Å². The van der Waals surface area contributed by atoms with Crippen molar-refractivity contribution in [3.8, 4) is 5.75 Å². The van der Waals surface area contributed by atoms with Gasteiger partial charge in [0.15, 0.2) is 10.8 Å². The average molecular weight is 353 g/mol. The number of hydrogen-bond acceptors (Lipinski definition) is 6. The number of nitrogens with zero attached hydrogens (tertiary/aromatic N) is 2. The number of pyridine rings is 1. The van der Waals surface area contributed by atoms with Crippen molar-refractivity contribution in [2.45, 2.75) is 17.8 Å². The number of thioether (sulfide) groups is 1. The van der Waals surface area contributed by atoms with Gasteiger partial charge in [0.05, 0.1) is 12.1 Å². The summed E-state index contributed by atoms with van der Waals surface area (Å²) >= 11 is 1.51. The lowest BCUT2D eigenvalue weighted by atomic mass is 10.1. The number of fused-ring (bicyclic) bond motifs is 2. The second-order valence-electron chi connectivity index (χ2n) is 5.39. The Bertz CT molecular complexity index is 1070. The molecule has 3 heterocycles. The van der Waals surface area contributed by atoms with Gasteiger partial charge in [0.25, 0.3) is 0 Å². The van der Waals surface area contributed by atoms with E-state index in [1.807, 2.05) is 25.1 Å². The van der Waals surface area contributed by atoms with Gasteiger partial charge >= 0.3 is 5.63 Å². The highest BCUT2D eigenvalue weighted by Gasteiger charge is 2.10. The van der Waals surface area contributed by atoms with Crippen LogP contribution in [0.15, 0.2) is 57.0 Å². The van der Waals surface area contributed by atoms with Crippen LogP contribution in [0.2, 0.25) is 0 Å². The molecule has 0 bridgehead atoms. The Morgan fingerprint density at radius 1 is 1.28 bits per heavy atom. The van der Waals surface area contributed by atoms with Crippen molar-refractivity contribution >= 4 is 33.9 Å². The first-order chi connectivity index (χ1) is 12.2. The number of imidazole rings is 1. The maximum Gasteiger partial charge on any atom is 0.336 e. The van der Waals surface area contributed by atoms with E-state index in [1.54, 1.807) is 18.3 Å². The minimum Gasteiger partial charge on any atom is -0.494 e. The molecule has 6 nitrogen and oxygen atoms in total. The predicted octanol–water partition coefficient (Wildman–Crippen LogP) is 3.76. The molecule has 0 radical (unpaired) electrons. The fraction of sp³-hybridized carbons (Fsp3) is 0.167. The Morgan fingerprint density at radius 3 is 3.04 bits per heavy atom. The number of aromatic nitrogens is 3. The second-order valence-corrected chi connectivity index (χ2v) is 6.35. The third-order valence-corrected chi connectivity index (χ3v) is 4.63. The van der Waals surface area contributed by atoms with Gasteiger partial charge in [0.2, 0.25) is 0 Å². The molecule has 4 aromatic rings. The number of nitrogens with one attached hydrogen (secondary N) is 1. The summed E-state index contributed by atoms with van der Waals surface area (Å²) in [6, 6.07) is 10.8. The molecule has 25 heavy (non-hydrogen) atoms. The zero-order valence-corrected chi connectivity index (χ0v) is 14.3. The van der Waals surface area contributed by atoms with E-state index in [2.05, 4.69) is 15.0 Å². The van der Waals surface area contributed by atoms with Gasteiger partial charge in [-0.15, -0.1) is 0 Å². The van der Waals surface area contributed by atoms with Crippen LogP contribution in [-0.2, 0) is 5.75 Å². The molecule has 0 amide bonds. The van der Waals surface area contributed by atoms with Crippen molar-refractivity contribution in [1.82, 2.24) is 15.0 Å². The van der Waals surface area contributed by atoms with Gasteiger partial charge in [-0.2, -0.15) is 0 Å². The van der Waals surface area contributed by atoms with Crippen LogP contribution in [0.25, 0.3) is 22.1 Å². The van der Waals surface area contributed by atoms with Crippen molar-refractivity contribution in [3.05, 3.63) is 58.6 Å². The molecule has 1 aromatic carbocycles. The van der Waals surface area contributed by atoms with Gasteiger partial charge in [-0.05, 0) is 42.8 Å². The summed E-state index contributed by atoms with van der Waals surface area (Å²) in [5.41, 5.74) is 2.64. The molecule has 0 spiro atoms. The summed E-state index contributed by atoms with van der Waals surface area (Å²) in [7, 11) is 0. The average Bonchev–Trinajstić information content (AvgIpc) is 3.03. The fourth-order valence-corrected chi connectivity index (χ4v) is 3.48. The van der Waals surface area contributed by atoms with Crippen molar-refractivity contribution < 1.29 is 9.15 Å². The molecule has 0 saturated heterocycles. The van der Waals surface area contributed by atoms with Crippen LogP contribution in [0.4, 0.5) is 0 Å². The summed E-state index contributed by atoms with van der Waals surface area (Å²) in [5.74, 6) is 1.33. The van der Waals surface area contributed by atoms with Gasteiger partial charge in [-0.25, -0.2) is 14.8 Å². The minimum atomic E-state index is -0.362. The highest BCUT2D eigenvalue weighted by Crippen LogP contribution is 2.28. The van der Waals surface area contributed by atoms with Gasteiger partial charge in [-0.3, -0.25) is 0 Å². The molecule has 0 fully saturated rings. The molecule has 7 heteroatoms. The SMILES string of the molecule is CCOc1ccc2oc(=O)cc(CSc3nc4ncccc4[nH]3)c2c1. The van der Waals surface area contributed by atoms with E-state index < -0.39 is 0 Å². The van der Waals surface area contributed by atoms with Crippen molar-refractivity contribution in [2.24, 2.45) is 0 Å². The Morgan fingerprint density at radius 2 is 2.20 bits per heavy atom. The summed E-state index contributed by atoms with van der Waals surface area (Å²) in [4.78, 5) is 23.7. The van der Waals surface area contributed by atoms with Crippen LogP contribution in [0.5, 0.6) is 5.75 Å². The Labute approximate surface area is 147 Å². The van der Waals surface area contributed by atoms with E-state index in [1.165, 1.54) is 17.8 Å². The van der Waals surface area contributed by atoms with Crippen molar-refractivity contribution in [1.29, 1.82) is 0 Å². The smallest absolute Gasteiger partial charge is 0.336 e. The Balaban J connectivity index is 1.67. The number of hydrogen-bond donors (Lipinski definition) is 1. The lowest BCUT2D eigenvalue weighted by Crippen LogP contribution is -2.00. The van der Waals surface area contributed by atoms with E-state index in [0.29, 0.717) is 23.6 Å². The highest BCUT2D eigenvalue weighted by atomic mass is 32.2. The first-order valence-corrected chi connectivity index (χ1v) is 8.84. The number of H-pyrrole nitrogens is 1. The van der Waals surface area contributed by atoms with Gasteiger partial charge < -0.3 is 14.1 Å². The lowest BCUT2D eigenvalue weighted by molar-refractivity contribution is 0.340. The van der Waals surface area contributed by atoms with Gasteiger partial charge in [0.1, 0.15) is 11.3 Å². The molecule has 0 saturated carbocycles. The third-order valence-electron chi connectivity index (χ3n) is 3.71. The molecule has 3 aromatic heterocycles. The lowest BCUT2D eigenvalue weighted by Gasteiger charge is -2.07. The molecule has 0 aliphatic carbocycles. The number of benzene rings is 1. The van der Waals surface area contributed by atoms with Crippen LogP contribution in [0.3, 0.4) is 0 Å². The molecule has 0 atom stereocenters. The molecule has 1 N–H and O–H groups in total. The van der Waals surface area contributed by atoms with Gasteiger partial charge in [-0.1, -0.05) is 11.8 Å².